The molecule has 104 valence electrons. The zero-order valence-electron chi connectivity index (χ0n) is 11.2. The summed E-state index contributed by atoms with van der Waals surface area (Å²) in [4.78, 5) is 18.2. The van der Waals surface area contributed by atoms with Gasteiger partial charge in [-0.05, 0) is 32.4 Å². The molecule has 1 aromatic heterocycles. The molecule has 0 aromatic carbocycles. The van der Waals surface area contributed by atoms with Gasteiger partial charge in [0, 0.05) is 25.3 Å². The van der Waals surface area contributed by atoms with Crippen molar-refractivity contribution in [2.24, 2.45) is 5.73 Å². The Bertz CT molecular complexity index is 472. The second-order valence-corrected chi connectivity index (χ2v) is 5.84. The molecule has 2 heterocycles. The Morgan fingerprint density at radius 2 is 2.37 bits per heavy atom. The summed E-state index contributed by atoms with van der Waals surface area (Å²) in [5.74, 6) is 0.638. The molecule has 2 rings (SSSR count). The smallest absolute Gasteiger partial charge is 0.239 e. The highest BCUT2D eigenvalue weighted by atomic mass is 35.5. The largest absolute Gasteiger partial charge is 0.353 e. The lowest BCUT2D eigenvalue weighted by Crippen LogP contribution is -2.52. The van der Waals surface area contributed by atoms with Gasteiger partial charge in [-0.1, -0.05) is 11.6 Å². The summed E-state index contributed by atoms with van der Waals surface area (Å²) in [6.45, 7) is 4.93. The highest BCUT2D eigenvalue weighted by Crippen LogP contribution is 2.25. The van der Waals surface area contributed by atoms with E-state index in [1.165, 1.54) is 0 Å². The summed E-state index contributed by atoms with van der Waals surface area (Å²) in [5, 5.41) is 3.59. The van der Waals surface area contributed by atoms with Crippen LogP contribution in [-0.2, 0) is 4.79 Å². The number of aromatic nitrogens is 1. The molecule has 1 aliphatic rings. The Kier molecular flexibility index (Phi) is 3.96. The first-order valence-corrected chi connectivity index (χ1v) is 6.71. The molecule has 0 radical (unpaired) electrons. The summed E-state index contributed by atoms with van der Waals surface area (Å²) >= 11 is 6.12. The van der Waals surface area contributed by atoms with Gasteiger partial charge in [0.05, 0.1) is 10.6 Å². The molecule has 0 bridgehead atoms. The van der Waals surface area contributed by atoms with Crippen LogP contribution in [0.4, 0.5) is 5.82 Å². The third kappa shape index (κ3) is 3.36. The van der Waals surface area contributed by atoms with Crippen LogP contribution >= 0.6 is 11.6 Å². The van der Waals surface area contributed by atoms with Crippen molar-refractivity contribution in [3.05, 3.63) is 23.4 Å². The molecule has 0 aliphatic carbocycles. The van der Waals surface area contributed by atoms with Gasteiger partial charge in [0.25, 0.3) is 0 Å². The first-order chi connectivity index (χ1) is 8.88. The van der Waals surface area contributed by atoms with Crippen LogP contribution in [0.5, 0.6) is 0 Å². The van der Waals surface area contributed by atoms with E-state index in [2.05, 4.69) is 15.2 Å². The number of hydrogen-bond acceptors (Lipinski definition) is 4. The van der Waals surface area contributed by atoms with Crippen LogP contribution in [0.3, 0.4) is 0 Å². The number of nitrogens with zero attached hydrogens (tertiary/aromatic N) is 2. The first-order valence-electron chi connectivity index (χ1n) is 6.33. The molecular formula is C13H19ClN4O. The molecule has 0 spiro atoms. The SMILES string of the molecule is CC(C)(N)C(=O)NC1CCN(c2ncccc2Cl)C1. The molecule has 1 aromatic rings. The molecule has 1 atom stereocenters. The number of carbonyl (C=O) groups excluding carboxylic acids is 1. The van der Waals surface area contributed by atoms with Crippen LogP contribution in [-0.4, -0.2) is 35.6 Å². The molecule has 5 nitrogen and oxygen atoms in total. The number of amides is 1. The topological polar surface area (TPSA) is 71.2 Å². The zero-order chi connectivity index (χ0) is 14.0. The number of carbonyl (C=O) groups is 1. The van der Waals surface area contributed by atoms with Crippen LogP contribution in [0.25, 0.3) is 0 Å². The fraction of sp³-hybridized carbons (Fsp3) is 0.538. The van der Waals surface area contributed by atoms with Gasteiger partial charge in [0.2, 0.25) is 5.91 Å². The average molecular weight is 283 g/mol. The van der Waals surface area contributed by atoms with Gasteiger partial charge in [-0.25, -0.2) is 4.98 Å². The predicted octanol–water partition coefficient (Wildman–Crippen LogP) is 1.17. The van der Waals surface area contributed by atoms with Crippen LogP contribution in [0.1, 0.15) is 20.3 Å². The van der Waals surface area contributed by atoms with Crippen LogP contribution in [0.2, 0.25) is 5.02 Å². The summed E-state index contributed by atoms with van der Waals surface area (Å²) in [6.07, 6.45) is 2.59. The van der Waals surface area contributed by atoms with Crippen molar-refractivity contribution in [1.82, 2.24) is 10.3 Å². The summed E-state index contributed by atoms with van der Waals surface area (Å²) in [7, 11) is 0. The molecule has 1 aliphatic heterocycles. The molecular weight excluding hydrogens is 264 g/mol. The average Bonchev–Trinajstić information content (AvgIpc) is 2.76. The Morgan fingerprint density at radius 3 is 3.00 bits per heavy atom. The van der Waals surface area contributed by atoms with E-state index in [4.69, 9.17) is 17.3 Å². The number of anilines is 1. The maximum atomic E-state index is 11.8. The predicted molar refractivity (Wildman–Crippen MR) is 76.3 cm³/mol. The van der Waals surface area contributed by atoms with Crippen LogP contribution in [0, 0.1) is 0 Å². The molecule has 3 N–H and O–H groups in total. The van der Waals surface area contributed by atoms with Gasteiger partial charge in [-0.2, -0.15) is 0 Å². The van der Waals surface area contributed by atoms with Gasteiger partial charge >= 0.3 is 0 Å². The fourth-order valence-electron chi connectivity index (χ4n) is 2.05. The van der Waals surface area contributed by atoms with Crippen molar-refractivity contribution < 1.29 is 4.79 Å². The molecule has 1 saturated heterocycles. The molecule has 0 saturated carbocycles. The highest BCUT2D eigenvalue weighted by molar-refractivity contribution is 6.32. The van der Waals surface area contributed by atoms with Gasteiger partial charge in [-0.15, -0.1) is 0 Å². The second-order valence-electron chi connectivity index (χ2n) is 5.44. The number of halogens is 1. The van der Waals surface area contributed by atoms with E-state index < -0.39 is 5.54 Å². The van der Waals surface area contributed by atoms with Crippen molar-refractivity contribution in [3.8, 4) is 0 Å². The van der Waals surface area contributed by atoms with Crippen molar-refractivity contribution in [2.75, 3.05) is 18.0 Å². The van der Waals surface area contributed by atoms with Gasteiger partial charge in [0.15, 0.2) is 0 Å². The quantitative estimate of drug-likeness (QED) is 0.873. The number of pyridine rings is 1. The second kappa shape index (κ2) is 5.35. The minimum atomic E-state index is -0.851. The van der Waals surface area contributed by atoms with Crippen molar-refractivity contribution >= 4 is 23.3 Å². The van der Waals surface area contributed by atoms with Crippen molar-refractivity contribution in [1.29, 1.82) is 0 Å². The molecule has 1 fully saturated rings. The van der Waals surface area contributed by atoms with E-state index in [1.807, 2.05) is 6.07 Å². The Labute approximate surface area is 118 Å². The minimum absolute atomic E-state index is 0.0911. The van der Waals surface area contributed by atoms with Gasteiger partial charge < -0.3 is 16.0 Å². The van der Waals surface area contributed by atoms with E-state index in [9.17, 15) is 4.79 Å². The van der Waals surface area contributed by atoms with Crippen molar-refractivity contribution in [3.63, 3.8) is 0 Å². The van der Waals surface area contributed by atoms with Crippen molar-refractivity contribution in [2.45, 2.75) is 31.8 Å². The Morgan fingerprint density at radius 1 is 1.63 bits per heavy atom. The standard InChI is InChI=1S/C13H19ClN4O/c1-13(2,15)12(19)17-9-5-7-18(8-9)11-10(14)4-3-6-16-11/h3-4,6,9H,5,7-8,15H2,1-2H3,(H,17,19). The highest BCUT2D eigenvalue weighted by Gasteiger charge is 2.29. The molecule has 6 heteroatoms. The maximum absolute atomic E-state index is 11.8. The van der Waals surface area contributed by atoms with E-state index in [0.29, 0.717) is 11.6 Å². The zero-order valence-corrected chi connectivity index (χ0v) is 11.9. The Hall–Kier alpha value is -1.33. The molecule has 1 unspecified atom stereocenters. The summed E-state index contributed by atoms with van der Waals surface area (Å²) in [6, 6.07) is 3.71. The van der Waals surface area contributed by atoms with E-state index >= 15 is 0 Å². The van der Waals surface area contributed by atoms with Crippen LogP contribution in [0.15, 0.2) is 18.3 Å². The van der Waals surface area contributed by atoms with E-state index in [-0.39, 0.29) is 11.9 Å². The lowest BCUT2D eigenvalue weighted by molar-refractivity contribution is -0.125. The summed E-state index contributed by atoms with van der Waals surface area (Å²) < 4.78 is 0. The lowest BCUT2D eigenvalue weighted by Gasteiger charge is -2.22. The monoisotopic (exact) mass is 282 g/mol. The number of rotatable bonds is 3. The third-order valence-electron chi connectivity index (χ3n) is 3.15. The van der Waals surface area contributed by atoms with Gasteiger partial charge in [-0.3, -0.25) is 4.79 Å². The lowest BCUT2D eigenvalue weighted by atomic mass is 10.1. The van der Waals surface area contributed by atoms with Crippen LogP contribution < -0.4 is 16.0 Å². The normalized spacial score (nSPS) is 19.6. The minimum Gasteiger partial charge on any atom is -0.353 e. The molecule has 19 heavy (non-hydrogen) atoms. The number of hydrogen-bond donors (Lipinski definition) is 2. The van der Waals surface area contributed by atoms with E-state index in [1.54, 1.807) is 26.1 Å². The first kappa shape index (κ1) is 14.1. The number of nitrogens with two attached hydrogens (primary N) is 1. The Balaban J connectivity index is 1.98. The van der Waals surface area contributed by atoms with E-state index in [0.717, 1.165) is 18.8 Å². The maximum Gasteiger partial charge on any atom is 0.239 e. The number of nitrogens with one attached hydrogen (secondary N) is 1. The summed E-state index contributed by atoms with van der Waals surface area (Å²) in [5.41, 5.74) is 4.92. The fourth-order valence-corrected chi connectivity index (χ4v) is 2.29. The van der Waals surface area contributed by atoms with Gasteiger partial charge in [0.1, 0.15) is 5.82 Å². The third-order valence-corrected chi connectivity index (χ3v) is 3.44. The molecule has 1 amide bonds.